The van der Waals surface area contributed by atoms with Gasteiger partial charge in [0, 0.05) is 16.8 Å². The number of benzene rings is 3. The van der Waals surface area contributed by atoms with E-state index in [4.69, 9.17) is 21.4 Å². The standard InChI is InChI=1S/C29H31N3O3S/c1-4-6-17-34-24-14-9-20(10-15-24)27(33)32-29(36)30-23-12-7-21(8-13-23)28-31-25-18-22(19(3)5-2)11-16-26(25)35-28/h7-16,18-19H,4-6,17H2,1-3H3,(H2,30,32,33,36). The number of unbranched alkanes of at least 4 members (excludes halogenated alkanes) is 1. The van der Waals surface area contributed by atoms with E-state index in [-0.39, 0.29) is 11.0 Å². The Kier molecular flexibility index (Phi) is 8.33. The molecular weight excluding hydrogens is 470 g/mol. The summed E-state index contributed by atoms with van der Waals surface area (Å²) in [7, 11) is 0. The van der Waals surface area contributed by atoms with Crippen LogP contribution in [-0.4, -0.2) is 22.6 Å². The number of rotatable bonds is 9. The molecule has 186 valence electrons. The number of oxazole rings is 1. The Labute approximate surface area is 217 Å². The van der Waals surface area contributed by atoms with Crippen molar-refractivity contribution in [3.05, 3.63) is 77.9 Å². The molecule has 7 heteroatoms. The van der Waals surface area contributed by atoms with Crippen LogP contribution in [-0.2, 0) is 0 Å². The van der Waals surface area contributed by atoms with Crippen molar-refractivity contribution in [1.82, 2.24) is 10.3 Å². The van der Waals surface area contributed by atoms with Crippen molar-refractivity contribution in [2.75, 3.05) is 11.9 Å². The second kappa shape index (κ2) is 11.8. The third kappa shape index (κ3) is 6.29. The quantitative estimate of drug-likeness (QED) is 0.185. The van der Waals surface area contributed by atoms with E-state index in [9.17, 15) is 4.79 Å². The van der Waals surface area contributed by atoms with Crippen molar-refractivity contribution < 1.29 is 13.9 Å². The van der Waals surface area contributed by atoms with Crippen LogP contribution in [0.5, 0.6) is 5.75 Å². The molecule has 0 radical (unpaired) electrons. The van der Waals surface area contributed by atoms with Gasteiger partial charge in [-0.1, -0.05) is 33.3 Å². The average Bonchev–Trinajstić information content (AvgIpc) is 3.32. The molecule has 1 atom stereocenters. The van der Waals surface area contributed by atoms with Gasteiger partial charge in [-0.05, 0) is 97.2 Å². The number of hydrogen-bond acceptors (Lipinski definition) is 5. The summed E-state index contributed by atoms with van der Waals surface area (Å²) >= 11 is 5.32. The second-order valence-corrected chi connectivity index (χ2v) is 9.18. The summed E-state index contributed by atoms with van der Waals surface area (Å²) < 4.78 is 11.6. The Bertz CT molecular complexity index is 1330. The van der Waals surface area contributed by atoms with Crippen LogP contribution >= 0.6 is 12.2 Å². The van der Waals surface area contributed by atoms with Crippen LogP contribution in [0.4, 0.5) is 5.69 Å². The van der Waals surface area contributed by atoms with Crippen molar-refractivity contribution in [3.8, 4) is 17.2 Å². The van der Waals surface area contributed by atoms with Gasteiger partial charge < -0.3 is 14.5 Å². The highest BCUT2D eigenvalue weighted by atomic mass is 32.1. The van der Waals surface area contributed by atoms with Crippen molar-refractivity contribution in [2.24, 2.45) is 0 Å². The molecule has 0 bridgehead atoms. The van der Waals surface area contributed by atoms with Gasteiger partial charge in [-0.3, -0.25) is 10.1 Å². The van der Waals surface area contributed by atoms with E-state index in [2.05, 4.69) is 48.5 Å². The first-order valence-corrected chi connectivity index (χ1v) is 12.7. The van der Waals surface area contributed by atoms with Crippen LogP contribution in [0, 0.1) is 0 Å². The number of nitrogens with one attached hydrogen (secondary N) is 2. The maximum atomic E-state index is 12.5. The Hall–Kier alpha value is -3.71. The van der Waals surface area contributed by atoms with E-state index < -0.39 is 0 Å². The van der Waals surface area contributed by atoms with Crippen LogP contribution in [0.15, 0.2) is 71.1 Å². The largest absolute Gasteiger partial charge is 0.494 e. The number of hydrogen-bond donors (Lipinski definition) is 2. The minimum Gasteiger partial charge on any atom is -0.494 e. The predicted octanol–water partition coefficient (Wildman–Crippen LogP) is 7.31. The number of anilines is 1. The van der Waals surface area contributed by atoms with Crippen molar-refractivity contribution in [1.29, 1.82) is 0 Å². The van der Waals surface area contributed by atoms with Crippen LogP contribution in [0.3, 0.4) is 0 Å². The number of ether oxygens (including phenoxy) is 1. The number of amides is 1. The molecule has 1 unspecified atom stereocenters. The van der Waals surface area contributed by atoms with Crippen LogP contribution < -0.4 is 15.4 Å². The molecule has 0 fully saturated rings. The van der Waals surface area contributed by atoms with Gasteiger partial charge in [0.15, 0.2) is 10.7 Å². The molecule has 0 aliphatic heterocycles. The van der Waals surface area contributed by atoms with Gasteiger partial charge in [-0.2, -0.15) is 0 Å². The van der Waals surface area contributed by atoms with Crippen LogP contribution in [0.2, 0.25) is 0 Å². The minimum absolute atomic E-state index is 0.218. The molecule has 0 aliphatic carbocycles. The van der Waals surface area contributed by atoms with E-state index in [1.165, 1.54) is 5.56 Å². The number of thiocarbonyl (C=S) groups is 1. The molecule has 0 saturated carbocycles. The minimum atomic E-state index is -0.285. The Morgan fingerprint density at radius 2 is 1.81 bits per heavy atom. The molecule has 2 N–H and O–H groups in total. The Morgan fingerprint density at radius 3 is 2.50 bits per heavy atom. The maximum Gasteiger partial charge on any atom is 0.257 e. The molecule has 6 nitrogen and oxygen atoms in total. The third-order valence-electron chi connectivity index (χ3n) is 6.09. The smallest absolute Gasteiger partial charge is 0.257 e. The fourth-order valence-electron chi connectivity index (χ4n) is 3.68. The molecule has 0 spiro atoms. The monoisotopic (exact) mass is 501 g/mol. The lowest BCUT2D eigenvalue weighted by atomic mass is 9.98. The van der Waals surface area contributed by atoms with Gasteiger partial charge in [-0.25, -0.2) is 4.98 Å². The lowest BCUT2D eigenvalue weighted by Crippen LogP contribution is -2.34. The molecule has 36 heavy (non-hydrogen) atoms. The van der Waals surface area contributed by atoms with Crippen LogP contribution in [0.1, 0.15) is 61.9 Å². The zero-order valence-electron chi connectivity index (χ0n) is 20.8. The van der Waals surface area contributed by atoms with Gasteiger partial charge in [0.2, 0.25) is 5.89 Å². The first-order valence-electron chi connectivity index (χ1n) is 12.3. The molecule has 1 heterocycles. The summed E-state index contributed by atoms with van der Waals surface area (Å²) in [6.45, 7) is 7.17. The summed E-state index contributed by atoms with van der Waals surface area (Å²) in [5, 5.41) is 5.97. The molecular formula is C29H31N3O3S. The first kappa shape index (κ1) is 25.4. The molecule has 1 amide bonds. The predicted molar refractivity (Wildman–Crippen MR) is 149 cm³/mol. The lowest BCUT2D eigenvalue weighted by molar-refractivity contribution is 0.0977. The van der Waals surface area contributed by atoms with Gasteiger partial charge in [0.05, 0.1) is 6.61 Å². The summed E-state index contributed by atoms with van der Waals surface area (Å²) in [5.41, 5.74) is 5.00. The highest BCUT2D eigenvalue weighted by molar-refractivity contribution is 7.80. The zero-order chi connectivity index (χ0) is 25.5. The summed E-state index contributed by atoms with van der Waals surface area (Å²) in [6.07, 6.45) is 3.15. The average molecular weight is 502 g/mol. The van der Waals surface area contributed by atoms with Crippen molar-refractivity contribution in [3.63, 3.8) is 0 Å². The van der Waals surface area contributed by atoms with Crippen LogP contribution in [0.25, 0.3) is 22.6 Å². The van der Waals surface area contributed by atoms with Gasteiger partial charge in [0.1, 0.15) is 11.3 Å². The molecule has 3 aromatic carbocycles. The number of nitrogens with zero attached hydrogens (tertiary/aromatic N) is 1. The highest BCUT2D eigenvalue weighted by Gasteiger charge is 2.12. The van der Waals surface area contributed by atoms with Crippen molar-refractivity contribution in [2.45, 2.75) is 46.0 Å². The fraction of sp³-hybridized carbons (Fsp3) is 0.276. The SMILES string of the molecule is CCCCOc1ccc(C(=O)NC(=S)Nc2ccc(-c3nc4cc(C(C)CC)ccc4o3)cc2)cc1. The molecule has 4 aromatic rings. The zero-order valence-corrected chi connectivity index (χ0v) is 21.7. The van der Waals surface area contributed by atoms with E-state index in [0.29, 0.717) is 24.0 Å². The maximum absolute atomic E-state index is 12.5. The summed E-state index contributed by atoms with van der Waals surface area (Å²) in [4.78, 5) is 17.2. The van der Waals surface area contributed by atoms with Crippen molar-refractivity contribution >= 4 is 40.0 Å². The molecule has 0 saturated heterocycles. The van der Waals surface area contributed by atoms with Gasteiger partial charge in [-0.15, -0.1) is 0 Å². The number of carbonyl (C=O) groups is 1. The van der Waals surface area contributed by atoms with E-state index in [1.54, 1.807) is 24.3 Å². The number of fused-ring (bicyclic) bond motifs is 1. The first-order chi connectivity index (χ1) is 17.5. The van der Waals surface area contributed by atoms with E-state index >= 15 is 0 Å². The summed E-state index contributed by atoms with van der Waals surface area (Å²) in [6, 6.07) is 20.8. The molecule has 0 aliphatic rings. The van der Waals surface area contributed by atoms with E-state index in [1.807, 2.05) is 30.3 Å². The van der Waals surface area contributed by atoms with Gasteiger partial charge in [0.25, 0.3) is 5.91 Å². The highest BCUT2D eigenvalue weighted by Crippen LogP contribution is 2.28. The fourth-order valence-corrected chi connectivity index (χ4v) is 3.89. The third-order valence-corrected chi connectivity index (χ3v) is 6.30. The normalized spacial score (nSPS) is 11.8. The van der Waals surface area contributed by atoms with E-state index in [0.717, 1.165) is 47.4 Å². The Morgan fingerprint density at radius 1 is 1.06 bits per heavy atom. The second-order valence-electron chi connectivity index (χ2n) is 8.77. The Balaban J connectivity index is 1.35. The number of carbonyl (C=O) groups excluding carboxylic acids is 1. The molecule has 1 aromatic heterocycles. The molecule has 4 rings (SSSR count). The lowest BCUT2D eigenvalue weighted by Gasteiger charge is -2.10. The summed E-state index contributed by atoms with van der Waals surface area (Å²) in [5.74, 6) is 1.51. The number of aromatic nitrogens is 1. The van der Waals surface area contributed by atoms with Gasteiger partial charge >= 0.3 is 0 Å². The topological polar surface area (TPSA) is 76.4 Å².